The number of rotatable bonds is 10. The number of amides is 2. The predicted molar refractivity (Wildman–Crippen MR) is 113 cm³/mol. The Labute approximate surface area is 170 Å². The van der Waals surface area contributed by atoms with Crippen molar-refractivity contribution in [1.82, 2.24) is 15.2 Å². The minimum atomic E-state index is -0.179. The number of unbranched alkanes of at least 4 members (excludes halogenated alkanes) is 1. The zero-order chi connectivity index (χ0) is 19.6. The van der Waals surface area contributed by atoms with Crippen LogP contribution in [0, 0.1) is 0 Å². The second-order valence-corrected chi connectivity index (χ2v) is 7.94. The number of likely N-dealkylation sites (tertiary alicyclic amines) is 1. The number of carbonyl (C=O) groups is 2. The zero-order valence-corrected chi connectivity index (χ0v) is 17.0. The molecule has 1 aliphatic rings. The summed E-state index contributed by atoms with van der Waals surface area (Å²) in [7, 11) is 0. The highest BCUT2D eigenvalue weighted by atomic mass is 32.1. The molecule has 7 heteroatoms. The van der Waals surface area contributed by atoms with Crippen LogP contribution in [-0.2, 0) is 11.2 Å². The lowest BCUT2D eigenvalue weighted by Gasteiger charge is -2.13. The summed E-state index contributed by atoms with van der Waals surface area (Å²) in [6.45, 7) is 4.20. The number of anilines is 1. The summed E-state index contributed by atoms with van der Waals surface area (Å²) in [6.07, 6.45) is 5.76. The lowest BCUT2D eigenvalue weighted by atomic mass is 10.1. The minimum Gasteiger partial charge on any atom is -0.351 e. The third-order valence-corrected chi connectivity index (χ3v) is 5.61. The van der Waals surface area contributed by atoms with Gasteiger partial charge in [0, 0.05) is 18.3 Å². The van der Waals surface area contributed by atoms with Crippen molar-refractivity contribution in [3.63, 3.8) is 0 Å². The van der Waals surface area contributed by atoms with E-state index < -0.39 is 0 Å². The lowest BCUT2D eigenvalue weighted by Crippen LogP contribution is -2.26. The normalized spacial score (nSPS) is 14.1. The first-order chi connectivity index (χ1) is 13.7. The Balaban J connectivity index is 1.33. The van der Waals surface area contributed by atoms with Crippen molar-refractivity contribution in [2.45, 2.75) is 38.5 Å². The number of hydrogen-bond donors (Lipinski definition) is 2. The van der Waals surface area contributed by atoms with E-state index in [9.17, 15) is 9.59 Å². The first-order valence-electron chi connectivity index (χ1n) is 10.0. The van der Waals surface area contributed by atoms with Crippen molar-refractivity contribution in [3.8, 4) is 0 Å². The second-order valence-electron chi connectivity index (χ2n) is 7.08. The summed E-state index contributed by atoms with van der Waals surface area (Å²) in [5.74, 6) is -0.269. The highest BCUT2D eigenvalue weighted by molar-refractivity contribution is 7.14. The van der Waals surface area contributed by atoms with E-state index in [-0.39, 0.29) is 11.8 Å². The van der Waals surface area contributed by atoms with Gasteiger partial charge in [0.2, 0.25) is 5.91 Å². The van der Waals surface area contributed by atoms with E-state index in [4.69, 9.17) is 0 Å². The van der Waals surface area contributed by atoms with Crippen LogP contribution in [0.25, 0.3) is 0 Å². The molecule has 0 spiro atoms. The van der Waals surface area contributed by atoms with E-state index in [2.05, 4.69) is 20.5 Å². The molecule has 2 N–H and O–H groups in total. The van der Waals surface area contributed by atoms with E-state index in [1.165, 1.54) is 37.3 Å². The van der Waals surface area contributed by atoms with Crippen LogP contribution >= 0.6 is 11.3 Å². The van der Waals surface area contributed by atoms with Crippen LogP contribution in [0.4, 0.5) is 5.13 Å². The first-order valence-corrected chi connectivity index (χ1v) is 10.9. The summed E-state index contributed by atoms with van der Waals surface area (Å²) in [4.78, 5) is 31.0. The van der Waals surface area contributed by atoms with Gasteiger partial charge in [-0.2, -0.15) is 0 Å². The van der Waals surface area contributed by atoms with Gasteiger partial charge in [-0.15, -0.1) is 11.3 Å². The maximum absolute atomic E-state index is 12.2. The van der Waals surface area contributed by atoms with Gasteiger partial charge in [-0.1, -0.05) is 30.3 Å². The number of hydrogen-bond acceptors (Lipinski definition) is 5. The van der Waals surface area contributed by atoms with Crippen molar-refractivity contribution in [2.75, 3.05) is 31.5 Å². The number of carbonyl (C=O) groups excluding carboxylic acids is 2. The molecule has 0 aliphatic carbocycles. The van der Waals surface area contributed by atoms with Crippen LogP contribution < -0.4 is 10.6 Å². The summed E-state index contributed by atoms with van der Waals surface area (Å²) in [5, 5.41) is 7.85. The van der Waals surface area contributed by atoms with Crippen molar-refractivity contribution in [3.05, 3.63) is 47.0 Å². The molecule has 3 rings (SSSR count). The maximum Gasteiger partial charge on any atom is 0.270 e. The van der Waals surface area contributed by atoms with Crippen LogP contribution in [0.1, 0.15) is 48.2 Å². The van der Waals surface area contributed by atoms with Gasteiger partial charge in [-0.05, 0) is 57.3 Å². The second kappa shape index (κ2) is 10.9. The molecule has 2 heterocycles. The minimum absolute atomic E-state index is 0.0907. The van der Waals surface area contributed by atoms with E-state index in [0.717, 1.165) is 24.9 Å². The smallest absolute Gasteiger partial charge is 0.270 e. The summed E-state index contributed by atoms with van der Waals surface area (Å²) < 4.78 is 0. The fourth-order valence-electron chi connectivity index (χ4n) is 3.28. The van der Waals surface area contributed by atoms with Gasteiger partial charge in [0.25, 0.3) is 5.91 Å². The van der Waals surface area contributed by atoms with E-state index in [1.807, 2.05) is 30.3 Å². The fourth-order valence-corrected chi connectivity index (χ4v) is 3.99. The standard InChI is InChI=1S/C21H28N4O2S/c26-19(11-10-17-8-2-1-3-9-17)24-21-23-18(16-28-21)20(27)22-12-4-5-13-25-14-6-7-15-25/h1-3,8-9,16H,4-7,10-15H2,(H,22,27)(H,23,24,26). The molecule has 1 aromatic carbocycles. The number of benzene rings is 1. The molecular formula is C21H28N4O2S. The molecular weight excluding hydrogens is 372 g/mol. The van der Waals surface area contributed by atoms with Crippen LogP contribution in [0.15, 0.2) is 35.7 Å². The zero-order valence-electron chi connectivity index (χ0n) is 16.2. The summed E-state index contributed by atoms with van der Waals surface area (Å²) >= 11 is 1.28. The third-order valence-electron chi connectivity index (χ3n) is 4.85. The number of aryl methyl sites for hydroxylation is 1. The number of nitrogens with zero attached hydrogens (tertiary/aromatic N) is 2. The molecule has 0 saturated carbocycles. The highest BCUT2D eigenvalue weighted by Crippen LogP contribution is 2.16. The van der Waals surface area contributed by atoms with Gasteiger partial charge < -0.3 is 15.5 Å². The Morgan fingerprint density at radius 2 is 1.89 bits per heavy atom. The Kier molecular flexibility index (Phi) is 7.99. The Hall–Kier alpha value is -2.25. The molecule has 1 aromatic heterocycles. The fraction of sp³-hybridized carbons (Fsp3) is 0.476. The van der Waals surface area contributed by atoms with Crippen molar-refractivity contribution in [1.29, 1.82) is 0 Å². The molecule has 2 aromatic rings. The Morgan fingerprint density at radius 1 is 1.11 bits per heavy atom. The molecule has 6 nitrogen and oxygen atoms in total. The molecule has 1 fully saturated rings. The third kappa shape index (κ3) is 6.73. The van der Waals surface area contributed by atoms with E-state index >= 15 is 0 Å². The molecule has 1 aliphatic heterocycles. The predicted octanol–water partition coefficient (Wildman–Crippen LogP) is 3.32. The molecule has 0 radical (unpaired) electrons. The van der Waals surface area contributed by atoms with Gasteiger partial charge in [0.05, 0.1) is 0 Å². The number of aromatic nitrogens is 1. The Bertz CT molecular complexity index is 757. The van der Waals surface area contributed by atoms with E-state index in [1.54, 1.807) is 5.38 Å². The number of thiazole rings is 1. The van der Waals surface area contributed by atoms with Crippen molar-refractivity contribution >= 4 is 28.3 Å². The monoisotopic (exact) mass is 400 g/mol. The van der Waals surface area contributed by atoms with Crippen LogP contribution in [0.3, 0.4) is 0 Å². The molecule has 28 heavy (non-hydrogen) atoms. The largest absolute Gasteiger partial charge is 0.351 e. The molecule has 0 bridgehead atoms. The molecule has 2 amide bonds. The molecule has 0 unspecified atom stereocenters. The summed E-state index contributed by atoms with van der Waals surface area (Å²) in [5.41, 5.74) is 1.49. The Morgan fingerprint density at radius 3 is 2.68 bits per heavy atom. The number of nitrogens with one attached hydrogen (secondary N) is 2. The van der Waals surface area contributed by atoms with Crippen LogP contribution in [0.2, 0.25) is 0 Å². The average molecular weight is 401 g/mol. The van der Waals surface area contributed by atoms with Crippen molar-refractivity contribution in [2.24, 2.45) is 0 Å². The molecule has 1 saturated heterocycles. The van der Waals surface area contributed by atoms with Gasteiger partial charge in [-0.25, -0.2) is 4.98 Å². The molecule has 150 valence electrons. The average Bonchev–Trinajstić information content (AvgIpc) is 3.39. The maximum atomic E-state index is 12.2. The summed E-state index contributed by atoms with van der Waals surface area (Å²) in [6, 6.07) is 9.89. The van der Waals surface area contributed by atoms with Crippen LogP contribution in [-0.4, -0.2) is 47.9 Å². The first kappa shape index (κ1) is 20.5. The molecule has 0 atom stereocenters. The topological polar surface area (TPSA) is 74.3 Å². The quantitative estimate of drug-likeness (QED) is 0.600. The van der Waals surface area contributed by atoms with Crippen LogP contribution in [0.5, 0.6) is 0 Å². The lowest BCUT2D eigenvalue weighted by molar-refractivity contribution is -0.116. The highest BCUT2D eigenvalue weighted by Gasteiger charge is 2.13. The van der Waals surface area contributed by atoms with Gasteiger partial charge in [-0.3, -0.25) is 9.59 Å². The van der Waals surface area contributed by atoms with Gasteiger partial charge in [0.1, 0.15) is 5.69 Å². The SMILES string of the molecule is O=C(CCc1ccccc1)Nc1nc(C(=O)NCCCCN2CCCC2)cs1. The van der Waals surface area contributed by atoms with Gasteiger partial charge >= 0.3 is 0 Å². The van der Waals surface area contributed by atoms with Gasteiger partial charge in [0.15, 0.2) is 5.13 Å². The van der Waals surface area contributed by atoms with Crippen molar-refractivity contribution < 1.29 is 9.59 Å². The van der Waals surface area contributed by atoms with E-state index in [0.29, 0.717) is 30.2 Å².